The molecule has 0 radical (unpaired) electrons. The van der Waals surface area contributed by atoms with Crippen molar-refractivity contribution in [3.8, 4) is 0 Å². The number of nitrogens with zero attached hydrogens (tertiary/aromatic N) is 1. The number of rotatable bonds is 3. The molecule has 13 heavy (non-hydrogen) atoms. The predicted octanol–water partition coefficient (Wildman–Crippen LogP) is 3.13. The van der Waals surface area contributed by atoms with Crippen molar-refractivity contribution in [3.05, 3.63) is 30.3 Å². The molecule has 1 rings (SSSR count). The molecule has 0 aliphatic heterocycles. The Kier molecular flexibility index (Phi) is 3.50. The minimum absolute atomic E-state index is 0.496. The number of hydrogen-bond acceptors (Lipinski definition) is 2. The molecule has 0 amide bonds. The fourth-order valence-corrected chi connectivity index (χ4v) is 0.795. The normalized spacial score (nSPS) is 11.8. The van der Waals surface area contributed by atoms with Crippen molar-refractivity contribution in [1.82, 2.24) is 0 Å². The molecule has 0 aromatic heterocycles. The van der Waals surface area contributed by atoms with Crippen molar-refractivity contribution in [1.29, 1.82) is 0 Å². The third-order valence-corrected chi connectivity index (χ3v) is 1.97. The third-order valence-electron chi connectivity index (χ3n) is 1.97. The van der Waals surface area contributed by atoms with E-state index in [4.69, 9.17) is 0 Å². The molecular weight excluding hydrogens is 160 g/mol. The van der Waals surface area contributed by atoms with Gasteiger partial charge in [0.2, 0.25) is 0 Å². The van der Waals surface area contributed by atoms with Crippen LogP contribution in [0.3, 0.4) is 0 Å². The number of anilines is 1. The topological polar surface area (TPSA) is 24.4 Å². The number of benzene rings is 1. The molecule has 0 spiro atoms. The Morgan fingerprint density at radius 3 is 2.38 bits per heavy atom. The maximum absolute atomic E-state index is 4.26. The molecule has 0 atom stereocenters. The van der Waals surface area contributed by atoms with Crippen LogP contribution in [0.2, 0.25) is 0 Å². The molecule has 0 saturated carbocycles. The van der Waals surface area contributed by atoms with Crippen LogP contribution >= 0.6 is 0 Å². The van der Waals surface area contributed by atoms with E-state index in [0.717, 1.165) is 11.4 Å². The van der Waals surface area contributed by atoms with E-state index >= 15 is 0 Å². The summed E-state index contributed by atoms with van der Waals surface area (Å²) in [7, 11) is 0. The van der Waals surface area contributed by atoms with E-state index in [1.165, 1.54) is 0 Å². The molecule has 1 aromatic rings. The standard InChI is InChI=1S/C11H16N2/c1-9(2)10(3)12-13-11-7-5-4-6-8-11/h4-9,13H,1-3H3. The predicted molar refractivity (Wildman–Crippen MR) is 58.0 cm³/mol. The van der Waals surface area contributed by atoms with Crippen molar-refractivity contribution in [2.24, 2.45) is 11.0 Å². The summed E-state index contributed by atoms with van der Waals surface area (Å²) in [5, 5.41) is 4.26. The van der Waals surface area contributed by atoms with E-state index in [1.807, 2.05) is 37.3 Å². The Labute approximate surface area is 79.7 Å². The Morgan fingerprint density at radius 1 is 1.23 bits per heavy atom. The molecule has 1 aromatic carbocycles. The number of para-hydroxylation sites is 1. The minimum atomic E-state index is 0.496. The Morgan fingerprint density at radius 2 is 1.85 bits per heavy atom. The first kappa shape index (κ1) is 9.78. The van der Waals surface area contributed by atoms with Crippen molar-refractivity contribution in [2.75, 3.05) is 5.43 Å². The second-order valence-electron chi connectivity index (χ2n) is 3.39. The highest BCUT2D eigenvalue weighted by Crippen LogP contribution is 2.05. The molecular formula is C11H16N2. The van der Waals surface area contributed by atoms with Crippen LogP contribution in [0.4, 0.5) is 5.69 Å². The lowest BCUT2D eigenvalue weighted by molar-refractivity contribution is 0.874. The highest BCUT2D eigenvalue weighted by Gasteiger charge is 1.96. The zero-order chi connectivity index (χ0) is 9.68. The van der Waals surface area contributed by atoms with Gasteiger partial charge in [-0.15, -0.1) is 0 Å². The van der Waals surface area contributed by atoms with E-state index in [1.54, 1.807) is 0 Å². The van der Waals surface area contributed by atoms with Crippen molar-refractivity contribution < 1.29 is 0 Å². The molecule has 0 saturated heterocycles. The monoisotopic (exact) mass is 176 g/mol. The average Bonchev–Trinajstić information content (AvgIpc) is 2.15. The Hall–Kier alpha value is -1.31. The lowest BCUT2D eigenvalue weighted by atomic mass is 10.1. The lowest BCUT2D eigenvalue weighted by Crippen LogP contribution is -2.04. The third kappa shape index (κ3) is 3.28. The smallest absolute Gasteiger partial charge is 0.0561 e. The summed E-state index contributed by atoms with van der Waals surface area (Å²) in [4.78, 5) is 0. The minimum Gasteiger partial charge on any atom is -0.279 e. The van der Waals surface area contributed by atoms with Crippen LogP contribution in [0.1, 0.15) is 20.8 Å². The average molecular weight is 176 g/mol. The molecule has 0 aliphatic carbocycles. The van der Waals surface area contributed by atoms with Crippen LogP contribution in [0, 0.1) is 5.92 Å². The molecule has 0 aliphatic rings. The summed E-state index contributed by atoms with van der Waals surface area (Å²) in [6, 6.07) is 9.96. The maximum atomic E-state index is 4.26. The molecule has 2 nitrogen and oxygen atoms in total. The fraction of sp³-hybridized carbons (Fsp3) is 0.364. The van der Waals surface area contributed by atoms with Crippen LogP contribution in [0.15, 0.2) is 35.4 Å². The van der Waals surface area contributed by atoms with Crippen molar-refractivity contribution in [3.63, 3.8) is 0 Å². The number of hydrazone groups is 1. The summed E-state index contributed by atoms with van der Waals surface area (Å²) in [6.45, 7) is 6.29. The number of nitrogens with one attached hydrogen (secondary N) is 1. The van der Waals surface area contributed by atoms with Crippen LogP contribution in [0.25, 0.3) is 0 Å². The molecule has 0 bridgehead atoms. The molecule has 0 heterocycles. The van der Waals surface area contributed by atoms with Gasteiger partial charge in [-0.25, -0.2) is 0 Å². The summed E-state index contributed by atoms with van der Waals surface area (Å²) < 4.78 is 0. The summed E-state index contributed by atoms with van der Waals surface area (Å²) in [5.74, 6) is 0.496. The maximum Gasteiger partial charge on any atom is 0.0561 e. The zero-order valence-electron chi connectivity index (χ0n) is 8.41. The van der Waals surface area contributed by atoms with Gasteiger partial charge in [-0.1, -0.05) is 32.0 Å². The van der Waals surface area contributed by atoms with E-state index < -0.39 is 0 Å². The van der Waals surface area contributed by atoms with Gasteiger partial charge >= 0.3 is 0 Å². The second-order valence-corrected chi connectivity index (χ2v) is 3.39. The van der Waals surface area contributed by atoms with Gasteiger partial charge in [-0.3, -0.25) is 5.43 Å². The highest BCUT2D eigenvalue weighted by molar-refractivity contribution is 5.84. The van der Waals surface area contributed by atoms with E-state index in [2.05, 4.69) is 24.4 Å². The van der Waals surface area contributed by atoms with Gasteiger partial charge in [0.05, 0.1) is 5.69 Å². The van der Waals surface area contributed by atoms with Crippen LogP contribution in [-0.2, 0) is 0 Å². The van der Waals surface area contributed by atoms with Gasteiger partial charge in [0, 0.05) is 5.71 Å². The molecule has 0 fully saturated rings. The summed E-state index contributed by atoms with van der Waals surface area (Å²) in [5.41, 5.74) is 5.16. The van der Waals surface area contributed by atoms with E-state index in [0.29, 0.717) is 5.92 Å². The molecule has 70 valence electrons. The van der Waals surface area contributed by atoms with Gasteiger partial charge in [0.15, 0.2) is 0 Å². The summed E-state index contributed by atoms with van der Waals surface area (Å²) in [6.07, 6.45) is 0. The second kappa shape index (κ2) is 4.65. The lowest BCUT2D eigenvalue weighted by Gasteiger charge is -2.05. The summed E-state index contributed by atoms with van der Waals surface area (Å²) >= 11 is 0. The highest BCUT2D eigenvalue weighted by atomic mass is 15.3. The first-order chi connectivity index (χ1) is 6.20. The number of hydrogen-bond donors (Lipinski definition) is 1. The van der Waals surface area contributed by atoms with E-state index in [9.17, 15) is 0 Å². The largest absolute Gasteiger partial charge is 0.279 e. The molecule has 2 heteroatoms. The Balaban J connectivity index is 2.57. The van der Waals surface area contributed by atoms with Crippen LogP contribution in [0.5, 0.6) is 0 Å². The molecule has 1 N–H and O–H groups in total. The van der Waals surface area contributed by atoms with Crippen molar-refractivity contribution in [2.45, 2.75) is 20.8 Å². The van der Waals surface area contributed by atoms with Gasteiger partial charge < -0.3 is 0 Å². The Bertz CT molecular complexity index is 275. The van der Waals surface area contributed by atoms with Gasteiger partial charge in [-0.2, -0.15) is 5.10 Å². The SMILES string of the molecule is CC(=NNc1ccccc1)C(C)C. The van der Waals surface area contributed by atoms with Crippen LogP contribution in [-0.4, -0.2) is 5.71 Å². The quantitative estimate of drug-likeness (QED) is 0.555. The first-order valence-corrected chi connectivity index (χ1v) is 4.55. The van der Waals surface area contributed by atoms with Crippen molar-refractivity contribution >= 4 is 11.4 Å². The van der Waals surface area contributed by atoms with Gasteiger partial charge in [0.25, 0.3) is 0 Å². The molecule has 0 unspecified atom stereocenters. The first-order valence-electron chi connectivity index (χ1n) is 4.55. The van der Waals surface area contributed by atoms with Gasteiger partial charge in [0.1, 0.15) is 0 Å². The zero-order valence-corrected chi connectivity index (χ0v) is 8.41. The van der Waals surface area contributed by atoms with Gasteiger partial charge in [-0.05, 0) is 25.0 Å². The fourth-order valence-electron chi connectivity index (χ4n) is 0.795. The van der Waals surface area contributed by atoms with E-state index in [-0.39, 0.29) is 0 Å². The van der Waals surface area contributed by atoms with Crippen LogP contribution < -0.4 is 5.43 Å².